The lowest BCUT2D eigenvalue weighted by Crippen LogP contribution is -2.55. The van der Waals surface area contributed by atoms with Crippen molar-refractivity contribution in [3.63, 3.8) is 0 Å². The third-order valence-corrected chi connectivity index (χ3v) is 8.44. The third-order valence-electron chi connectivity index (χ3n) is 6.67. The smallest absolute Gasteiger partial charge is 0.264 e. The van der Waals surface area contributed by atoms with Crippen LogP contribution in [-0.2, 0) is 26.0 Å². The lowest BCUT2D eigenvalue weighted by Gasteiger charge is -2.34. The molecule has 0 aliphatic rings. The second-order valence-electron chi connectivity index (χ2n) is 11.4. The normalized spacial score (nSPS) is 12.5. The molecule has 1 N–H and O–H groups in total. The van der Waals surface area contributed by atoms with Gasteiger partial charge in [0.1, 0.15) is 12.6 Å². The molecule has 214 valence electrons. The van der Waals surface area contributed by atoms with Crippen molar-refractivity contribution in [1.82, 2.24) is 10.2 Å². The van der Waals surface area contributed by atoms with Crippen LogP contribution in [0.1, 0.15) is 49.9 Å². The van der Waals surface area contributed by atoms with E-state index in [2.05, 4.69) is 5.32 Å². The van der Waals surface area contributed by atoms with E-state index in [1.54, 1.807) is 37.3 Å². The van der Waals surface area contributed by atoms with Gasteiger partial charge in [-0.2, -0.15) is 0 Å². The number of anilines is 1. The van der Waals surface area contributed by atoms with Gasteiger partial charge in [-0.05, 0) is 89.8 Å². The molecule has 0 aliphatic carbocycles. The zero-order valence-corrected chi connectivity index (χ0v) is 25.4. The molecule has 0 saturated carbocycles. The van der Waals surface area contributed by atoms with Crippen LogP contribution in [0.15, 0.2) is 77.7 Å². The molecular weight excluding hydrogens is 522 g/mol. The number of benzene rings is 3. The minimum absolute atomic E-state index is 0.0983. The maximum absolute atomic E-state index is 14.0. The Hall–Kier alpha value is -3.65. The number of carbonyl (C=O) groups is 2. The molecule has 3 aromatic rings. The highest BCUT2D eigenvalue weighted by Crippen LogP contribution is 2.28. The van der Waals surface area contributed by atoms with Crippen LogP contribution in [0.4, 0.5) is 5.69 Å². The lowest BCUT2D eigenvalue weighted by molar-refractivity contribution is -0.139. The van der Waals surface area contributed by atoms with Gasteiger partial charge in [0.05, 0.1) is 10.6 Å². The van der Waals surface area contributed by atoms with E-state index in [1.165, 1.54) is 9.21 Å². The van der Waals surface area contributed by atoms with Crippen molar-refractivity contribution >= 4 is 27.5 Å². The van der Waals surface area contributed by atoms with E-state index in [-0.39, 0.29) is 17.3 Å². The molecule has 2 amide bonds. The molecule has 0 spiro atoms. The van der Waals surface area contributed by atoms with Crippen molar-refractivity contribution in [1.29, 1.82) is 0 Å². The minimum Gasteiger partial charge on any atom is -0.350 e. The van der Waals surface area contributed by atoms with Crippen molar-refractivity contribution in [2.75, 3.05) is 17.4 Å². The predicted octanol–water partition coefficient (Wildman–Crippen LogP) is 5.18. The average Bonchev–Trinajstić information content (AvgIpc) is 2.88. The Balaban J connectivity index is 2.03. The first-order chi connectivity index (χ1) is 18.7. The molecule has 0 radical (unpaired) electrons. The van der Waals surface area contributed by atoms with Gasteiger partial charge in [-0.1, -0.05) is 60.2 Å². The molecule has 0 unspecified atom stereocenters. The van der Waals surface area contributed by atoms with Gasteiger partial charge in [0.25, 0.3) is 10.0 Å². The van der Waals surface area contributed by atoms with E-state index >= 15 is 0 Å². The van der Waals surface area contributed by atoms with Crippen LogP contribution in [0.2, 0.25) is 0 Å². The number of amides is 2. The van der Waals surface area contributed by atoms with Gasteiger partial charge in [-0.25, -0.2) is 8.42 Å². The molecule has 0 fully saturated rings. The maximum Gasteiger partial charge on any atom is 0.264 e. The number of hydrogen-bond acceptors (Lipinski definition) is 4. The Kier molecular flexibility index (Phi) is 9.79. The lowest BCUT2D eigenvalue weighted by atomic mass is 10.1. The van der Waals surface area contributed by atoms with Crippen LogP contribution < -0.4 is 9.62 Å². The first-order valence-electron chi connectivity index (χ1n) is 13.5. The number of nitrogens with zero attached hydrogens (tertiary/aromatic N) is 2. The summed E-state index contributed by atoms with van der Waals surface area (Å²) in [5.74, 6) is -0.752. The highest BCUT2D eigenvalue weighted by Gasteiger charge is 2.33. The van der Waals surface area contributed by atoms with Gasteiger partial charge in [-0.3, -0.25) is 13.9 Å². The molecule has 40 heavy (non-hydrogen) atoms. The van der Waals surface area contributed by atoms with E-state index in [0.717, 1.165) is 22.3 Å². The molecule has 8 heteroatoms. The molecule has 0 saturated heterocycles. The Bertz CT molecular complexity index is 1430. The van der Waals surface area contributed by atoms with Crippen LogP contribution in [0.5, 0.6) is 0 Å². The molecule has 7 nitrogen and oxygen atoms in total. The number of rotatable bonds is 10. The maximum atomic E-state index is 14.0. The van der Waals surface area contributed by atoms with Crippen LogP contribution in [0.3, 0.4) is 0 Å². The zero-order chi connectivity index (χ0) is 29.7. The molecule has 0 heterocycles. The van der Waals surface area contributed by atoms with Gasteiger partial charge in [0.15, 0.2) is 0 Å². The largest absolute Gasteiger partial charge is 0.350 e. The van der Waals surface area contributed by atoms with Crippen LogP contribution >= 0.6 is 0 Å². The van der Waals surface area contributed by atoms with Gasteiger partial charge in [0, 0.05) is 12.1 Å². The Morgan fingerprint density at radius 3 is 2.08 bits per heavy atom. The monoisotopic (exact) mass is 563 g/mol. The quantitative estimate of drug-likeness (QED) is 0.368. The summed E-state index contributed by atoms with van der Waals surface area (Å²) < 4.78 is 29.2. The van der Waals surface area contributed by atoms with Crippen molar-refractivity contribution in [3.8, 4) is 0 Å². The molecule has 1 atom stereocenters. The minimum atomic E-state index is -4.10. The van der Waals surface area contributed by atoms with Crippen LogP contribution in [0, 0.1) is 20.8 Å². The summed E-state index contributed by atoms with van der Waals surface area (Å²) in [5.41, 5.74) is 3.49. The third kappa shape index (κ3) is 7.94. The Morgan fingerprint density at radius 1 is 0.875 bits per heavy atom. The summed E-state index contributed by atoms with van der Waals surface area (Å²) in [5, 5.41) is 2.95. The number of carbonyl (C=O) groups excluding carboxylic acids is 2. The molecule has 0 aliphatic heterocycles. The van der Waals surface area contributed by atoms with E-state index in [9.17, 15) is 18.0 Å². The highest BCUT2D eigenvalue weighted by molar-refractivity contribution is 7.92. The molecule has 0 bridgehead atoms. The summed E-state index contributed by atoms with van der Waals surface area (Å²) in [6.07, 6.45) is 0.522. The zero-order valence-electron chi connectivity index (χ0n) is 24.6. The fourth-order valence-corrected chi connectivity index (χ4v) is 5.85. The Labute approximate surface area is 239 Å². The number of hydrogen-bond donors (Lipinski definition) is 1. The Morgan fingerprint density at radius 2 is 1.48 bits per heavy atom. The summed E-state index contributed by atoms with van der Waals surface area (Å²) >= 11 is 0. The summed E-state index contributed by atoms with van der Waals surface area (Å²) in [7, 11) is -4.10. The van der Waals surface area contributed by atoms with Crippen molar-refractivity contribution in [2.45, 2.75) is 71.4 Å². The van der Waals surface area contributed by atoms with Crippen LogP contribution in [0.25, 0.3) is 0 Å². The van der Waals surface area contributed by atoms with Crippen LogP contribution in [-0.4, -0.2) is 49.8 Å². The predicted molar refractivity (Wildman–Crippen MR) is 161 cm³/mol. The van der Waals surface area contributed by atoms with Crippen molar-refractivity contribution in [2.24, 2.45) is 0 Å². The van der Waals surface area contributed by atoms with Gasteiger partial charge >= 0.3 is 0 Å². The number of nitrogens with one attached hydrogen (secondary N) is 1. The first kappa shape index (κ1) is 30.9. The van der Waals surface area contributed by atoms with E-state index < -0.39 is 34.1 Å². The van der Waals surface area contributed by atoms with Gasteiger partial charge < -0.3 is 10.2 Å². The topological polar surface area (TPSA) is 86.8 Å². The second-order valence-corrected chi connectivity index (χ2v) is 13.2. The van der Waals surface area contributed by atoms with E-state index in [0.29, 0.717) is 12.1 Å². The number of sulfonamides is 1. The van der Waals surface area contributed by atoms with Crippen molar-refractivity contribution < 1.29 is 18.0 Å². The summed E-state index contributed by atoms with van der Waals surface area (Å²) in [4.78, 5) is 28.8. The fraction of sp³-hybridized carbons (Fsp3) is 0.375. The number of aryl methyl sites for hydroxylation is 3. The average molecular weight is 564 g/mol. The molecule has 0 aromatic heterocycles. The molecule has 3 rings (SSSR count). The summed E-state index contributed by atoms with van der Waals surface area (Å²) in [6.45, 7) is 12.7. The molecular formula is C32H41N3O4S. The standard InChI is InChI=1S/C32H41N3O4S/c1-23-14-17-28(18-15-23)40(38,39)35(29-21-24(2)13-16-25(29)3)22-30(36)34(20-19-27-11-9-8-10-12-27)26(4)31(37)33-32(5,6)7/h8-18,21,26H,19-20,22H2,1-7H3,(H,33,37)/t26-/m0/s1. The van der Waals surface area contributed by atoms with Gasteiger partial charge in [-0.15, -0.1) is 0 Å². The molecule has 3 aromatic carbocycles. The van der Waals surface area contributed by atoms with E-state index in [1.807, 2.05) is 84.0 Å². The fourth-order valence-electron chi connectivity index (χ4n) is 4.38. The SMILES string of the molecule is Cc1ccc(S(=O)(=O)N(CC(=O)N(CCc2ccccc2)[C@@H](C)C(=O)NC(C)(C)C)c2cc(C)ccc2C)cc1. The van der Waals surface area contributed by atoms with E-state index in [4.69, 9.17) is 0 Å². The van der Waals surface area contributed by atoms with Gasteiger partial charge in [0.2, 0.25) is 11.8 Å². The second kappa shape index (κ2) is 12.7. The highest BCUT2D eigenvalue weighted by atomic mass is 32.2. The van der Waals surface area contributed by atoms with Crippen molar-refractivity contribution in [3.05, 3.63) is 95.1 Å². The first-order valence-corrected chi connectivity index (χ1v) is 14.9. The summed E-state index contributed by atoms with van der Waals surface area (Å²) in [6, 6.07) is 21.0.